The van der Waals surface area contributed by atoms with Gasteiger partial charge in [0.1, 0.15) is 0 Å². The second-order valence-corrected chi connectivity index (χ2v) is 12.9. The van der Waals surface area contributed by atoms with Gasteiger partial charge in [0.25, 0.3) is 0 Å². The molecule has 0 aromatic heterocycles. The minimum atomic E-state index is -1.16. The molecule has 186 valence electrons. The number of rotatable bonds is 7. The summed E-state index contributed by atoms with van der Waals surface area (Å²) in [7, 11) is 0. The Hall–Kier alpha value is -1.23. The van der Waals surface area contributed by atoms with E-state index in [2.05, 4.69) is 32.0 Å². The molecule has 4 aliphatic carbocycles. The van der Waals surface area contributed by atoms with Gasteiger partial charge in [0.05, 0.1) is 17.6 Å². The average Bonchev–Trinajstić information content (AvgIpc) is 3.13. The average molecular weight is 460 g/mol. The van der Waals surface area contributed by atoms with E-state index in [-0.39, 0.29) is 11.5 Å². The van der Waals surface area contributed by atoms with E-state index in [1.165, 1.54) is 31.3 Å². The number of aliphatic carboxylic acids is 1. The lowest BCUT2D eigenvalue weighted by molar-refractivity contribution is -0.150. The number of hydrogen-bond acceptors (Lipinski definition) is 4. The Morgan fingerprint density at radius 3 is 2.58 bits per heavy atom. The molecule has 3 fully saturated rings. The number of allylic oxidation sites excluding steroid dienone is 1. The van der Waals surface area contributed by atoms with Crippen LogP contribution in [-0.4, -0.2) is 27.8 Å². The number of carboxylic acid groups (broad SMARTS) is 1. The van der Waals surface area contributed by atoms with Crippen LogP contribution in [0.2, 0.25) is 0 Å². The maximum absolute atomic E-state index is 11.4. The Bertz CT molecular complexity index is 806. The lowest BCUT2D eigenvalue weighted by Gasteiger charge is -2.58. The molecule has 3 saturated carbocycles. The molecule has 0 bridgehead atoms. The van der Waals surface area contributed by atoms with Gasteiger partial charge in [-0.25, -0.2) is 0 Å². The number of aliphatic hydroxyl groups is 1. The van der Waals surface area contributed by atoms with Gasteiger partial charge in [-0.05, 0) is 118 Å². The summed E-state index contributed by atoms with van der Waals surface area (Å²) in [6, 6.07) is -0.0208. The molecule has 0 heterocycles. The minimum Gasteiger partial charge on any atom is -0.481 e. The molecule has 0 saturated heterocycles. The first-order valence-corrected chi connectivity index (χ1v) is 13.4. The van der Waals surface area contributed by atoms with Crippen molar-refractivity contribution in [3.05, 3.63) is 16.6 Å². The Labute approximate surface area is 199 Å². The quantitative estimate of drug-likeness (QED) is 0.332. The molecule has 10 unspecified atom stereocenters. The fourth-order valence-corrected chi connectivity index (χ4v) is 8.91. The van der Waals surface area contributed by atoms with E-state index in [4.69, 9.17) is 0 Å². The molecule has 4 aliphatic rings. The van der Waals surface area contributed by atoms with Crippen LogP contribution >= 0.6 is 0 Å². The summed E-state index contributed by atoms with van der Waals surface area (Å²) in [4.78, 5) is 22.6. The van der Waals surface area contributed by atoms with Crippen molar-refractivity contribution in [2.24, 2.45) is 51.5 Å². The van der Waals surface area contributed by atoms with E-state index in [9.17, 15) is 19.9 Å². The van der Waals surface area contributed by atoms with Gasteiger partial charge >= 0.3 is 5.97 Å². The highest BCUT2D eigenvalue weighted by molar-refractivity contribution is 5.70. The Morgan fingerprint density at radius 2 is 1.91 bits per heavy atom. The molecule has 0 aromatic rings. The van der Waals surface area contributed by atoms with Gasteiger partial charge in [-0.2, -0.15) is 4.91 Å². The van der Waals surface area contributed by atoms with E-state index in [1.807, 2.05) is 0 Å². The molecule has 0 amide bonds. The predicted octanol–water partition coefficient (Wildman–Crippen LogP) is 6.59. The number of fused-ring (bicyclic) bond motifs is 5. The molecule has 2 N–H and O–H groups in total. The van der Waals surface area contributed by atoms with Gasteiger partial charge in [-0.15, -0.1) is 0 Å². The number of nitrogens with zero attached hydrogens (tertiary/aromatic N) is 1. The van der Waals surface area contributed by atoms with Crippen LogP contribution in [0, 0.1) is 51.2 Å². The molecule has 0 spiro atoms. The van der Waals surface area contributed by atoms with Crippen LogP contribution in [-0.2, 0) is 4.79 Å². The third-order valence-corrected chi connectivity index (χ3v) is 11.4. The molecule has 5 heteroatoms. The highest BCUT2D eigenvalue weighted by atomic mass is 16.4. The Balaban J connectivity index is 1.47. The van der Waals surface area contributed by atoms with Crippen LogP contribution < -0.4 is 0 Å². The summed E-state index contributed by atoms with van der Waals surface area (Å²) < 4.78 is 0. The number of carboxylic acids is 1. The van der Waals surface area contributed by atoms with Gasteiger partial charge in [-0.1, -0.05) is 37.6 Å². The molecular formula is C28H45NO4. The zero-order chi connectivity index (χ0) is 24.2. The monoisotopic (exact) mass is 459 g/mol. The van der Waals surface area contributed by atoms with Crippen molar-refractivity contribution in [1.82, 2.24) is 0 Å². The molecule has 10 atom stereocenters. The van der Waals surface area contributed by atoms with Crippen molar-refractivity contribution < 1.29 is 15.0 Å². The summed E-state index contributed by atoms with van der Waals surface area (Å²) in [6.45, 7) is 10.6. The standard InChI is InChI=1S/C28H45NO4/c1-17(10-15-28(5,32)18(2)25(30)31)22-8-9-23-21-7-6-19-16-20(29-33)11-13-26(19,3)24(21)12-14-27(22,23)4/h6,17-18,20-24,32H,7-16H2,1-5H3,(H,30,31). The third kappa shape index (κ3) is 4.10. The second kappa shape index (κ2) is 8.77. The zero-order valence-corrected chi connectivity index (χ0v) is 21.3. The van der Waals surface area contributed by atoms with Gasteiger partial charge in [0, 0.05) is 0 Å². The summed E-state index contributed by atoms with van der Waals surface area (Å²) >= 11 is 0. The maximum atomic E-state index is 11.4. The van der Waals surface area contributed by atoms with Gasteiger partial charge in [-0.3, -0.25) is 4.79 Å². The number of hydrogen-bond donors (Lipinski definition) is 2. The van der Waals surface area contributed by atoms with Crippen molar-refractivity contribution in [3.8, 4) is 0 Å². The first kappa shape index (κ1) is 24.9. The van der Waals surface area contributed by atoms with Crippen molar-refractivity contribution >= 4 is 5.97 Å². The van der Waals surface area contributed by atoms with Crippen LogP contribution in [0.4, 0.5) is 0 Å². The Kier molecular flexibility index (Phi) is 6.61. The van der Waals surface area contributed by atoms with Crippen molar-refractivity contribution in [3.63, 3.8) is 0 Å². The SMILES string of the molecule is CC(CCC(C)(O)C(C)C(=O)O)C1CCC2C3CC=C4CC(N=O)CCC4(C)C3CCC12C. The lowest BCUT2D eigenvalue weighted by Crippen LogP contribution is -2.50. The van der Waals surface area contributed by atoms with Crippen LogP contribution in [0.5, 0.6) is 0 Å². The second-order valence-electron chi connectivity index (χ2n) is 12.9. The molecule has 5 nitrogen and oxygen atoms in total. The van der Waals surface area contributed by atoms with E-state index < -0.39 is 17.5 Å². The summed E-state index contributed by atoms with van der Waals surface area (Å²) in [5.74, 6) is 1.69. The van der Waals surface area contributed by atoms with E-state index in [0.717, 1.165) is 49.9 Å². The molecular weight excluding hydrogens is 414 g/mol. The maximum Gasteiger partial charge on any atom is 0.309 e. The fraction of sp³-hybridized carbons (Fsp3) is 0.893. The normalized spacial score (nSPS) is 43.8. The summed E-state index contributed by atoms with van der Waals surface area (Å²) in [5.41, 5.74) is 0.945. The minimum absolute atomic E-state index is 0.0208. The first-order valence-electron chi connectivity index (χ1n) is 13.4. The van der Waals surface area contributed by atoms with Crippen molar-refractivity contribution in [1.29, 1.82) is 0 Å². The first-order chi connectivity index (χ1) is 15.4. The zero-order valence-electron chi connectivity index (χ0n) is 21.3. The smallest absolute Gasteiger partial charge is 0.309 e. The molecule has 33 heavy (non-hydrogen) atoms. The topological polar surface area (TPSA) is 87.0 Å². The fourth-order valence-electron chi connectivity index (χ4n) is 8.91. The third-order valence-electron chi connectivity index (χ3n) is 11.4. The van der Waals surface area contributed by atoms with Gasteiger partial charge < -0.3 is 10.2 Å². The molecule has 0 aromatic carbocycles. The molecule has 0 aliphatic heterocycles. The van der Waals surface area contributed by atoms with Gasteiger partial charge in [0.2, 0.25) is 0 Å². The highest BCUT2D eigenvalue weighted by Gasteiger charge is 2.59. The van der Waals surface area contributed by atoms with E-state index in [0.29, 0.717) is 23.7 Å². The van der Waals surface area contributed by atoms with E-state index >= 15 is 0 Å². The van der Waals surface area contributed by atoms with Crippen LogP contribution in [0.1, 0.15) is 98.8 Å². The van der Waals surface area contributed by atoms with Gasteiger partial charge in [0.15, 0.2) is 0 Å². The van der Waals surface area contributed by atoms with Crippen molar-refractivity contribution in [2.75, 3.05) is 0 Å². The molecule has 0 radical (unpaired) electrons. The van der Waals surface area contributed by atoms with Crippen LogP contribution in [0.25, 0.3) is 0 Å². The molecule has 4 rings (SSSR count). The number of nitroso groups, excluding NO2 is 1. The van der Waals surface area contributed by atoms with Crippen LogP contribution in [0.3, 0.4) is 0 Å². The highest BCUT2D eigenvalue weighted by Crippen LogP contribution is 2.67. The lowest BCUT2D eigenvalue weighted by atomic mass is 9.47. The largest absolute Gasteiger partial charge is 0.481 e. The van der Waals surface area contributed by atoms with E-state index in [1.54, 1.807) is 13.8 Å². The number of carbonyl (C=O) groups is 1. The van der Waals surface area contributed by atoms with Crippen molar-refractivity contribution in [2.45, 2.75) is 110 Å². The summed E-state index contributed by atoms with van der Waals surface area (Å²) in [6.07, 6.45) is 13.1. The summed E-state index contributed by atoms with van der Waals surface area (Å²) in [5, 5.41) is 23.5. The predicted molar refractivity (Wildman–Crippen MR) is 131 cm³/mol. The Morgan fingerprint density at radius 1 is 1.18 bits per heavy atom. The van der Waals surface area contributed by atoms with Crippen LogP contribution in [0.15, 0.2) is 16.8 Å².